The third-order valence-electron chi connectivity index (χ3n) is 4.25. The first kappa shape index (κ1) is 11.9. The molecule has 0 aromatic carbocycles. The van der Waals surface area contributed by atoms with E-state index in [2.05, 4.69) is 6.92 Å². The van der Waals surface area contributed by atoms with Crippen LogP contribution in [0.15, 0.2) is 0 Å². The number of ether oxygens (including phenoxy) is 1. The molecule has 92 valence electrons. The Morgan fingerprint density at radius 1 is 0.938 bits per heavy atom. The molecule has 0 amide bonds. The van der Waals surface area contributed by atoms with E-state index in [0.29, 0.717) is 5.92 Å². The Morgan fingerprint density at radius 2 is 1.56 bits per heavy atom. The van der Waals surface area contributed by atoms with Crippen molar-refractivity contribution in [2.75, 3.05) is 0 Å². The topological polar surface area (TPSA) is 26.3 Å². The van der Waals surface area contributed by atoms with Gasteiger partial charge in [-0.1, -0.05) is 26.2 Å². The number of esters is 1. The Morgan fingerprint density at radius 3 is 2.25 bits per heavy atom. The van der Waals surface area contributed by atoms with E-state index < -0.39 is 0 Å². The second-order valence-corrected chi connectivity index (χ2v) is 5.57. The van der Waals surface area contributed by atoms with Crippen molar-refractivity contribution in [2.45, 2.75) is 70.8 Å². The average molecular weight is 224 g/mol. The fraction of sp³-hybridized carbons (Fsp3) is 0.929. The first-order valence-electron chi connectivity index (χ1n) is 6.98. The van der Waals surface area contributed by atoms with E-state index in [1.54, 1.807) is 0 Å². The Balaban J connectivity index is 1.81. The summed E-state index contributed by atoms with van der Waals surface area (Å²) in [5.41, 5.74) is 0. The molecule has 2 fully saturated rings. The van der Waals surface area contributed by atoms with Gasteiger partial charge in [0.1, 0.15) is 6.10 Å². The van der Waals surface area contributed by atoms with Crippen LogP contribution in [0.2, 0.25) is 0 Å². The summed E-state index contributed by atoms with van der Waals surface area (Å²) in [5, 5.41) is 0. The smallest absolute Gasteiger partial charge is 0.309 e. The van der Waals surface area contributed by atoms with Crippen LogP contribution in [0.3, 0.4) is 0 Å². The van der Waals surface area contributed by atoms with Crippen molar-refractivity contribution >= 4 is 5.97 Å². The highest BCUT2D eigenvalue weighted by Gasteiger charge is 2.30. The van der Waals surface area contributed by atoms with Gasteiger partial charge >= 0.3 is 5.97 Å². The summed E-state index contributed by atoms with van der Waals surface area (Å²) in [4.78, 5) is 12.1. The summed E-state index contributed by atoms with van der Waals surface area (Å²) in [6, 6.07) is 0. The van der Waals surface area contributed by atoms with E-state index in [1.807, 2.05) is 0 Å². The molecular formula is C14H24O2. The average Bonchev–Trinajstić information content (AvgIpc) is 2.31. The van der Waals surface area contributed by atoms with Crippen molar-refractivity contribution in [1.82, 2.24) is 0 Å². The van der Waals surface area contributed by atoms with E-state index >= 15 is 0 Å². The van der Waals surface area contributed by atoms with Crippen LogP contribution in [0.1, 0.15) is 64.7 Å². The summed E-state index contributed by atoms with van der Waals surface area (Å²) in [7, 11) is 0. The number of hydrogen-bond donors (Lipinski definition) is 0. The van der Waals surface area contributed by atoms with Crippen molar-refractivity contribution in [3.8, 4) is 0 Å². The quantitative estimate of drug-likeness (QED) is 0.669. The molecule has 2 aliphatic rings. The van der Waals surface area contributed by atoms with Crippen molar-refractivity contribution in [3.05, 3.63) is 0 Å². The Kier molecular flexibility index (Phi) is 4.25. The Hall–Kier alpha value is -0.530. The molecule has 2 atom stereocenters. The van der Waals surface area contributed by atoms with Crippen LogP contribution < -0.4 is 0 Å². The van der Waals surface area contributed by atoms with Gasteiger partial charge in [0.25, 0.3) is 0 Å². The van der Waals surface area contributed by atoms with E-state index in [9.17, 15) is 4.79 Å². The van der Waals surface area contributed by atoms with E-state index in [0.717, 1.165) is 19.3 Å². The number of hydrogen-bond acceptors (Lipinski definition) is 2. The second kappa shape index (κ2) is 5.70. The molecule has 2 nitrogen and oxygen atoms in total. The van der Waals surface area contributed by atoms with Gasteiger partial charge in [0.05, 0.1) is 5.92 Å². The van der Waals surface area contributed by atoms with E-state index in [1.165, 1.54) is 38.5 Å². The number of carbonyl (C=O) groups is 1. The van der Waals surface area contributed by atoms with Crippen molar-refractivity contribution in [3.63, 3.8) is 0 Å². The van der Waals surface area contributed by atoms with Crippen LogP contribution in [0.25, 0.3) is 0 Å². The highest BCUT2D eigenvalue weighted by atomic mass is 16.5. The van der Waals surface area contributed by atoms with Crippen LogP contribution in [-0.4, -0.2) is 12.1 Å². The van der Waals surface area contributed by atoms with Crippen molar-refractivity contribution in [2.24, 2.45) is 11.8 Å². The van der Waals surface area contributed by atoms with Crippen molar-refractivity contribution < 1.29 is 9.53 Å². The van der Waals surface area contributed by atoms with Gasteiger partial charge in [-0.05, 0) is 44.4 Å². The maximum absolute atomic E-state index is 12.1. The summed E-state index contributed by atoms with van der Waals surface area (Å²) in [6.07, 6.45) is 10.9. The lowest BCUT2D eigenvalue weighted by Gasteiger charge is -2.30. The predicted octanol–water partition coefficient (Wildman–Crippen LogP) is 3.69. The van der Waals surface area contributed by atoms with Gasteiger partial charge in [0.15, 0.2) is 0 Å². The molecule has 0 bridgehead atoms. The molecule has 2 aliphatic carbocycles. The minimum absolute atomic E-state index is 0.0964. The molecule has 16 heavy (non-hydrogen) atoms. The fourth-order valence-corrected chi connectivity index (χ4v) is 3.10. The summed E-state index contributed by atoms with van der Waals surface area (Å²) < 4.78 is 5.66. The number of carbonyl (C=O) groups excluding carboxylic acids is 1. The highest BCUT2D eigenvalue weighted by Crippen LogP contribution is 2.31. The minimum Gasteiger partial charge on any atom is -0.462 e. The SMILES string of the molecule is C[C@@H]1CCCCC1C(=O)OC1CCCCC1. The molecule has 0 spiro atoms. The van der Waals surface area contributed by atoms with Crippen molar-refractivity contribution in [1.29, 1.82) is 0 Å². The summed E-state index contributed by atoms with van der Waals surface area (Å²) >= 11 is 0. The first-order valence-corrected chi connectivity index (χ1v) is 6.98. The van der Waals surface area contributed by atoms with E-state index in [-0.39, 0.29) is 18.0 Å². The zero-order valence-electron chi connectivity index (χ0n) is 10.4. The van der Waals surface area contributed by atoms with Crippen LogP contribution in [-0.2, 0) is 9.53 Å². The molecule has 2 saturated carbocycles. The maximum Gasteiger partial charge on any atom is 0.309 e. The molecule has 2 rings (SSSR count). The second-order valence-electron chi connectivity index (χ2n) is 5.57. The highest BCUT2D eigenvalue weighted by molar-refractivity contribution is 5.73. The summed E-state index contributed by atoms with van der Waals surface area (Å²) in [6.45, 7) is 2.20. The third-order valence-corrected chi connectivity index (χ3v) is 4.25. The zero-order chi connectivity index (χ0) is 11.4. The van der Waals surface area contributed by atoms with Crippen LogP contribution >= 0.6 is 0 Å². The van der Waals surface area contributed by atoms with Crippen LogP contribution in [0.4, 0.5) is 0 Å². The van der Waals surface area contributed by atoms with E-state index in [4.69, 9.17) is 4.74 Å². The first-order chi connectivity index (χ1) is 7.77. The molecular weight excluding hydrogens is 200 g/mol. The molecule has 0 radical (unpaired) electrons. The summed E-state index contributed by atoms with van der Waals surface area (Å²) in [5.74, 6) is 0.819. The standard InChI is InChI=1S/C14H24O2/c1-11-7-5-6-10-13(11)14(15)16-12-8-3-2-4-9-12/h11-13H,2-10H2,1H3/t11-,13?/m1/s1. The molecule has 0 aromatic rings. The minimum atomic E-state index is 0.0964. The third kappa shape index (κ3) is 2.99. The molecule has 0 saturated heterocycles. The molecule has 0 heterocycles. The van der Waals surface area contributed by atoms with Gasteiger partial charge in [-0.25, -0.2) is 0 Å². The lowest BCUT2D eigenvalue weighted by atomic mass is 9.80. The maximum atomic E-state index is 12.1. The number of rotatable bonds is 2. The normalized spacial score (nSPS) is 32.3. The molecule has 1 unspecified atom stereocenters. The lowest BCUT2D eigenvalue weighted by Crippen LogP contribution is -2.31. The van der Waals surface area contributed by atoms with Crippen LogP contribution in [0, 0.1) is 11.8 Å². The fourth-order valence-electron chi connectivity index (χ4n) is 3.10. The molecule has 0 aromatic heterocycles. The molecule has 0 N–H and O–H groups in total. The lowest BCUT2D eigenvalue weighted by molar-refractivity contribution is -0.158. The largest absolute Gasteiger partial charge is 0.462 e. The molecule has 0 aliphatic heterocycles. The van der Waals surface area contributed by atoms with Gasteiger partial charge in [0.2, 0.25) is 0 Å². The van der Waals surface area contributed by atoms with Gasteiger partial charge in [-0.15, -0.1) is 0 Å². The van der Waals surface area contributed by atoms with Gasteiger partial charge < -0.3 is 4.74 Å². The Bertz CT molecular complexity index is 231. The Labute approximate surface area is 98.7 Å². The van der Waals surface area contributed by atoms with Gasteiger partial charge in [-0.2, -0.15) is 0 Å². The predicted molar refractivity (Wildman–Crippen MR) is 64.1 cm³/mol. The zero-order valence-corrected chi connectivity index (χ0v) is 10.4. The van der Waals surface area contributed by atoms with Gasteiger partial charge in [-0.3, -0.25) is 4.79 Å². The molecule has 2 heteroatoms. The monoisotopic (exact) mass is 224 g/mol. The van der Waals surface area contributed by atoms with Crippen LogP contribution in [0.5, 0.6) is 0 Å². The van der Waals surface area contributed by atoms with Gasteiger partial charge in [0, 0.05) is 0 Å².